The maximum Gasteiger partial charge on any atom is 0.251 e. The molecule has 0 unspecified atom stereocenters. The van der Waals surface area contributed by atoms with E-state index in [0.717, 1.165) is 18.4 Å². The lowest BCUT2D eigenvalue weighted by Crippen LogP contribution is -2.40. The summed E-state index contributed by atoms with van der Waals surface area (Å²) in [4.78, 5) is 38.9. The van der Waals surface area contributed by atoms with Crippen molar-refractivity contribution in [1.82, 2.24) is 19.9 Å². The highest BCUT2D eigenvalue weighted by atomic mass is 16.2. The first kappa shape index (κ1) is 20.0. The molecule has 2 aromatic heterocycles. The van der Waals surface area contributed by atoms with Crippen molar-refractivity contribution in [3.63, 3.8) is 0 Å². The molecule has 1 fully saturated rings. The third-order valence-electron chi connectivity index (χ3n) is 5.83. The normalized spacial score (nSPS) is 15.7. The number of nitrogens with one attached hydrogen (secondary N) is 1. The minimum Gasteiger partial charge on any atom is -0.342 e. The van der Waals surface area contributed by atoms with E-state index >= 15 is 0 Å². The molecular weight excluding hydrogens is 376 g/mol. The second-order valence-corrected chi connectivity index (χ2v) is 7.96. The van der Waals surface area contributed by atoms with E-state index in [1.54, 1.807) is 6.20 Å². The molecule has 154 valence electrons. The first-order valence-electron chi connectivity index (χ1n) is 10.4. The molecule has 1 aromatic carbocycles. The third-order valence-corrected chi connectivity index (χ3v) is 5.83. The number of hydrogen-bond donors (Lipinski definition) is 1. The molecule has 6 nitrogen and oxygen atoms in total. The Labute approximate surface area is 176 Å². The van der Waals surface area contributed by atoms with E-state index < -0.39 is 0 Å². The van der Waals surface area contributed by atoms with Gasteiger partial charge in [-0.1, -0.05) is 35.9 Å². The molecule has 0 saturated carbocycles. The number of aromatic amines is 1. The predicted octanol–water partition coefficient (Wildman–Crippen LogP) is 3.65. The van der Waals surface area contributed by atoms with Crippen molar-refractivity contribution in [2.75, 3.05) is 13.1 Å². The van der Waals surface area contributed by atoms with E-state index in [9.17, 15) is 9.59 Å². The fourth-order valence-corrected chi connectivity index (χ4v) is 3.96. The molecule has 6 heteroatoms. The number of rotatable bonds is 4. The second-order valence-electron chi connectivity index (χ2n) is 7.96. The molecule has 4 rings (SSSR count). The average molecular weight is 402 g/mol. The Morgan fingerprint density at radius 2 is 1.83 bits per heavy atom. The number of amides is 1. The third kappa shape index (κ3) is 4.32. The smallest absolute Gasteiger partial charge is 0.251 e. The summed E-state index contributed by atoms with van der Waals surface area (Å²) in [6, 6.07) is 15.2. The number of pyridine rings is 1. The van der Waals surface area contributed by atoms with Crippen LogP contribution in [0.25, 0.3) is 11.4 Å². The van der Waals surface area contributed by atoms with Crippen molar-refractivity contribution in [1.29, 1.82) is 0 Å². The number of likely N-dealkylation sites (tertiary alicyclic amines) is 1. The van der Waals surface area contributed by atoms with E-state index in [0.29, 0.717) is 30.3 Å². The summed E-state index contributed by atoms with van der Waals surface area (Å²) < 4.78 is 0. The van der Waals surface area contributed by atoms with E-state index in [1.165, 1.54) is 11.6 Å². The van der Waals surface area contributed by atoms with Crippen LogP contribution in [0.2, 0.25) is 0 Å². The number of hydrogen-bond acceptors (Lipinski definition) is 4. The molecule has 1 aliphatic heterocycles. The van der Waals surface area contributed by atoms with Crippen LogP contribution >= 0.6 is 0 Å². The molecule has 0 aliphatic carbocycles. The number of aromatic nitrogens is 3. The molecule has 1 amide bonds. The molecule has 1 aliphatic rings. The Kier molecular flexibility index (Phi) is 5.74. The highest BCUT2D eigenvalue weighted by molar-refractivity contribution is 5.83. The average Bonchev–Trinajstić information content (AvgIpc) is 2.79. The molecule has 1 saturated heterocycles. The van der Waals surface area contributed by atoms with Crippen LogP contribution in [0.3, 0.4) is 0 Å². The van der Waals surface area contributed by atoms with Crippen LogP contribution in [0.1, 0.15) is 48.6 Å². The monoisotopic (exact) mass is 402 g/mol. The van der Waals surface area contributed by atoms with Gasteiger partial charge in [-0.3, -0.25) is 14.6 Å². The van der Waals surface area contributed by atoms with Crippen molar-refractivity contribution in [3.05, 3.63) is 82.0 Å². The summed E-state index contributed by atoms with van der Waals surface area (Å²) in [5, 5.41) is 0. The number of nitrogens with zero attached hydrogens (tertiary/aromatic N) is 3. The minimum absolute atomic E-state index is 0.125. The quantitative estimate of drug-likeness (QED) is 0.722. The number of aryl methyl sites for hydroxylation is 1. The van der Waals surface area contributed by atoms with Crippen molar-refractivity contribution >= 4 is 5.91 Å². The van der Waals surface area contributed by atoms with E-state index in [4.69, 9.17) is 0 Å². The van der Waals surface area contributed by atoms with Gasteiger partial charge in [0.25, 0.3) is 5.56 Å². The lowest BCUT2D eigenvalue weighted by molar-refractivity contribution is -0.133. The van der Waals surface area contributed by atoms with Gasteiger partial charge in [0.15, 0.2) is 0 Å². The van der Waals surface area contributed by atoms with Gasteiger partial charge >= 0.3 is 0 Å². The van der Waals surface area contributed by atoms with Crippen LogP contribution in [0.5, 0.6) is 0 Å². The van der Waals surface area contributed by atoms with Gasteiger partial charge < -0.3 is 9.88 Å². The number of benzene rings is 1. The molecule has 1 N–H and O–H groups in total. The maximum absolute atomic E-state index is 13.0. The van der Waals surface area contributed by atoms with Gasteiger partial charge in [0.1, 0.15) is 5.82 Å². The Hall–Kier alpha value is -3.28. The molecule has 0 bridgehead atoms. The van der Waals surface area contributed by atoms with E-state index in [2.05, 4.69) is 15.0 Å². The minimum atomic E-state index is -0.174. The van der Waals surface area contributed by atoms with E-state index in [1.807, 2.05) is 61.2 Å². The van der Waals surface area contributed by atoms with Gasteiger partial charge in [-0.15, -0.1) is 0 Å². The first-order valence-corrected chi connectivity index (χ1v) is 10.4. The highest BCUT2D eigenvalue weighted by Gasteiger charge is 2.28. The fraction of sp³-hybridized carbons (Fsp3) is 0.333. The van der Waals surface area contributed by atoms with E-state index in [-0.39, 0.29) is 23.3 Å². The van der Waals surface area contributed by atoms with Crippen LogP contribution in [0.4, 0.5) is 0 Å². The molecule has 3 heterocycles. The SMILES string of the molecule is Cc1ccc([C@H](C)C(=O)N2CCC(c3nc(-c4ccccn4)cc(=O)[nH]3)CC2)cc1. The van der Waals surface area contributed by atoms with Crippen molar-refractivity contribution in [2.24, 2.45) is 0 Å². The second kappa shape index (κ2) is 8.61. The van der Waals surface area contributed by atoms with Crippen molar-refractivity contribution in [2.45, 2.75) is 38.5 Å². The highest BCUT2D eigenvalue weighted by Crippen LogP contribution is 2.28. The summed E-state index contributed by atoms with van der Waals surface area (Å²) in [6.45, 7) is 5.34. The van der Waals surface area contributed by atoms with Gasteiger partial charge in [-0.05, 0) is 44.4 Å². The Balaban J connectivity index is 1.44. The summed E-state index contributed by atoms with van der Waals surface area (Å²) in [5.41, 5.74) is 3.33. The zero-order valence-electron chi connectivity index (χ0n) is 17.3. The molecule has 3 aromatic rings. The van der Waals surface area contributed by atoms with Gasteiger partial charge in [-0.2, -0.15) is 0 Å². The summed E-state index contributed by atoms with van der Waals surface area (Å²) in [7, 11) is 0. The summed E-state index contributed by atoms with van der Waals surface area (Å²) in [5.74, 6) is 0.801. The van der Waals surface area contributed by atoms with Gasteiger partial charge in [0, 0.05) is 31.3 Å². The van der Waals surface area contributed by atoms with Gasteiger partial charge in [0.05, 0.1) is 17.3 Å². The predicted molar refractivity (Wildman–Crippen MR) is 116 cm³/mol. The van der Waals surface area contributed by atoms with Crippen LogP contribution < -0.4 is 5.56 Å². The molecular formula is C24H26N4O2. The Bertz CT molecular complexity index is 1070. The summed E-state index contributed by atoms with van der Waals surface area (Å²) >= 11 is 0. The van der Waals surface area contributed by atoms with Crippen LogP contribution in [-0.4, -0.2) is 38.8 Å². The largest absolute Gasteiger partial charge is 0.342 e. The number of H-pyrrole nitrogens is 1. The Morgan fingerprint density at radius 1 is 1.10 bits per heavy atom. The molecule has 30 heavy (non-hydrogen) atoms. The van der Waals surface area contributed by atoms with Crippen LogP contribution in [-0.2, 0) is 4.79 Å². The first-order chi connectivity index (χ1) is 14.5. The lowest BCUT2D eigenvalue weighted by atomic mass is 9.93. The lowest BCUT2D eigenvalue weighted by Gasteiger charge is -2.33. The van der Waals surface area contributed by atoms with Crippen molar-refractivity contribution < 1.29 is 4.79 Å². The Morgan fingerprint density at radius 3 is 2.50 bits per heavy atom. The van der Waals surface area contributed by atoms with Gasteiger partial charge in [0.2, 0.25) is 5.91 Å². The van der Waals surface area contributed by atoms with Crippen molar-refractivity contribution in [3.8, 4) is 11.4 Å². The zero-order valence-corrected chi connectivity index (χ0v) is 17.3. The topological polar surface area (TPSA) is 79.0 Å². The number of piperidine rings is 1. The standard InChI is InChI=1S/C24H26N4O2/c1-16-6-8-18(9-7-16)17(2)24(30)28-13-10-19(11-14-28)23-26-21(15-22(29)27-23)20-5-3-4-12-25-20/h3-9,12,15,17,19H,10-11,13-14H2,1-2H3,(H,26,27,29)/t17-/m0/s1. The maximum atomic E-state index is 13.0. The fourth-order valence-electron chi connectivity index (χ4n) is 3.96. The molecule has 1 atom stereocenters. The summed E-state index contributed by atoms with van der Waals surface area (Å²) in [6.07, 6.45) is 3.25. The molecule has 0 radical (unpaired) electrons. The zero-order chi connectivity index (χ0) is 21.1. The van der Waals surface area contributed by atoms with Crippen LogP contribution in [0.15, 0.2) is 59.5 Å². The van der Waals surface area contributed by atoms with Crippen LogP contribution in [0, 0.1) is 6.92 Å². The number of carbonyl (C=O) groups excluding carboxylic acids is 1. The molecule has 0 spiro atoms. The van der Waals surface area contributed by atoms with Gasteiger partial charge in [-0.25, -0.2) is 4.98 Å². The number of carbonyl (C=O) groups is 1.